The average Bonchev–Trinajstić information content (AvgIpc) is 2.81. The highest BCUT2D eigenvalue weighted by molar-refractivity contribution is 6.29. The Morgan fingerprint density at radius 1 is 1.64 bits per heavy atom. The molecule has 0 aromatic carbocycles. The Kier molecular flexibility index (Phi) is 2.64. The standard InChI is InChI=1S/C11H15ClN2/c1-8-5-9(8)7-14(2)10-3-4-13-11(12)6-10/h3-4,6,8-9H,5,7H2,1-2H3. The van der Waals surface area contributed by atoms with Crippen molar-refractivity contribution in [2.24, 2.45) is 11.8 Å². The third-order valence-corrected chi connectivity index (χ3v) is 3.14. The predicted molar refractivity (Wildman–Crippen MR) is 59.8 cm³/mol. The number of rotatable bonds is 3. The Hall–Kier alpha value is -0.760. The molecule has 1 fully saturated rings. The van der Waals surface area contributed by atoms with Crippen LogP contribution in [0.25, 0.3) is 0 Å². The lowest BCUT2D eigenvalue weighted by molar-refractivity contribution is 0.725. The Morgan fingerprint density at radius 3 is 2.93 bits per heavy atom. The minimum atomic E-state index is 0.568. The fourth-order valence-corrected chi connectivity index (χ4v) is 1.91. The van der Waals surface area contributed by atoms with Crippen molar-refractivity contribution in [2.45, 2.75) is 13.3 Å². The van der Waals surface area contributed by atoms with Gasteiger partial charge in [0.1, 0.15) is 5.15 Å². The van der Waals surface area contributed by atoms with Gasteiger partial charge in [0, 0.05) is 25.5 Å². The van der Waals surface area contributed by atoms with Gasteiger partial charge in [0.25, 0.3) is 0 Å². The molecule has 1 saturated carbocycles. The minimum Gasteiger partial charge on any atom is -0.374 e. The zero-order valence-corrected chi connectivity index (χ0v) is 9.33. The molecule has 0 N–H and O–H groups in total. The van der Waals surface area contributed by atoms with Gasteiger partial charge in [-0.2, -0.15) is 0 Å². The molecule has 0 bridgehead atoms. The molecule has 14 heavy (non-hydrogen) atoms. The topological polar surface area (TPSA) is 16.1 Å². The van der Waals surface area contributed by atoms with Gasteiger partial charge in [-0.1, -0.05) is 18.5 Å². The molecule has 1 heterocycles. The van der Waals surface area contributed by atoms with Gasteiger partial charge in [0.2, 0.25) is 0 Å². The van der Waals surface area contributed by atoms with E-state index in [0.29, 0.717) is 5.15 Å². The lowest BCUT2D eigenvalue weighted by Crippen LogP contribution is -2.20. The van der Waals surface area contributed by atoms with Gasteiger partial charge in [0.15, 0.2) is 0 Å². The number of aromatic nitrogens is 1. The summed E-state index contributed by atoms with van der Waals surface area (Å²) in [6, 6.07) is 3.91. The van der Waals surface area contributed by atoms with Gasteiger partial charge >= 0.3 is 0 Å². The van der Waals surface area contributed by atoms with E-state index in [0.717, 1.165) is 24.1 Å². The average molecular weight is 211 g/mol. The third kappa shape index (κ3) is 2.18. The first-order chi connectivity index (χ1) is 6.66. The highest BCUT2D eigenvalue weighted by Crippen LogP contribution is 2.38. The van der Waals surface area contributed by atoms with E-state index in [4.69, 9.17) is 11.6 Å². The summed E-state index contributed by atoms with van der Waals surface area (Å²) in [5.74, 6) is 1.77. The summed E-state index contributed by atoms with van der Waals surface area (Å²) < 4.78 is 0. The van der Waals surface area contributed by atoms with Crippen LogP contribution in [0.4, 0.5) is 5.69 Å². The van der Waals surface area contributed by atoms with E-state index in [9.17, 15) is 0 Å². The Bertz CT molecular complexity index is 327. The van der Waals surface area contributed by atoms with Crippen molar-refractivity contribution in [3.8, 4) is 0 Å². The van der Waals surface area contributed by atoms with Crippen molar-refractivity contribution in [1.82, 2.24) is 4.98 Å². The van der Waals surface area contributed by atoms with Crippen LogP contribution in [0.1, 0.15) is 13.3 Å². The van der Waals surface area contributed by atoms with Crippen molar-refractivity contribution in [3.05, 3.63) is 23.5 Å². The molecule has 1 aliphatic rings. The van der Waals surface area contributed by atoms with Crippen molar-refractivity contribution in [1.29, 1.82) is 0 Å². The molecule has 2 unspecified atom stereocenters. The number of hydrogen-bond acceptors (Lipinski definition) is 2. The lowest BCUT2D eigenvalue weighted by Gasteiger charge is -2.18. The lowest BCUT2D eigenvalue weighted by atomic mass is 10.3. The Morgan fingerprint density at radius 2 is 2.36 bits per heavy atom. The highest BCUT2D eigenvalue weighted by atomic mass is 35.5. The molecule has 1 aliphatic carbocycles. The second kappa shape index (κ2) is 3.77. The van der Waals surface area contributed by atoms with Gasteiger partial charge in [-0.25, -0.2) is 4.98 Å². The van der Waals surface area contributed by atoms with Crippen LogP contribution in [-0.2, 0) is 0 Å². The molecule has 1 aromatic rings. The number of nitrogens with zero attached hydrogens (tertiary/aromatic N) is 2. The molecule has 0 saturated heterocycles. The van der Waals surface area contributed by atoms with Gasteiger partial charge in [-0.05, 0) is 30.4 Å². The molecule has 76 valence electrons. The van der Waals surface area contributed by atoms with Crippen LogP contribution in [0.3, 0.4) is 0 Å². The van der Waals surface area contributed by atoms with Gasteiger partial charge in [-0.3, -0.25) is 0 Å². The Balaban J connectivity index is 2.00. The van der Waals surface area contributed by atoms with Crippen LogP contribution in [0.15, 0.2) is 18.3 Å². The van der Waals surface area contributed by atoms with Gasteiger partial charge in [0.05, 0.1) is 0 Å². The molecule has 0 amide bonds. The highest BCUT2D eigenvalue weighted by Gasteiger charge is 2.33. The smallest absolute Gasteiger partial charge is 0.131 e. The van der Waals surface area contributed by atoms with Crippen molar-refractivity contribution in [2.75, 3.05) is 18.5 Å². The SMILES string of the molecule is CC1CC1CN(C)c1ccnc(Cl)c1. The van der Waals surface area contributed by atoms with E-state index in [2.05, 4.69) is 23.9 Å². The second-order valence-corrected chi connectivity index (χ2v) is 4.58. The maximum Gasteiger partial charge on any atom is 0.131 e. The van der Waals surface area contributed by atoms with E-state index >= 15 is 0 Å². The number of anilines is 1. The number of pyridine rings is 1. The molecule has 3 heteroatoms. The summed E-state index contributed by atoms with van der Waals surface area (Å²) >= 11 is 5.83. The summed E-state index contributed by atoms with van der Waals surface area (Å²) in [5.41, 5.74) is 1.16. The van der Waals surface area contributed by atoms with Gasteiger partial charge in [-0.15, -0.1) is 0 Å². The second-order valence-electron chi connectivity index (χ2n) is 4.19. The Labute approximate surface area is 89.9 Å². The molecule has 0 radical (unpaired) electrons. The van der Waals surface area contributed by atoms with Crippen LogP contribution in [0, 0.1) is 11.8 Å². The molecule has 2 rings (SSSR count). The number of hydrogen-bond donors (Lipinski definition) is 0. The summed E-state index contributed by atoms with van der Waals surface area (Å²) in [6.45, 7) is 3.43. The minimum absolute atomic E-state index is 0.568. The monoisotopic (exact) mass is 210 g/mol. The van der Waals surface area contributed by atoms with E-state index in [1.165, 1.54) is 6.42 Å². The summed E-state index contributed by atoms with van der Waals surface area (Å²) in [5, 5.41) is 0.568. The fourth-order valence-electron chi connectivity index (χ4n) is 1.74. The van der Waals surface area contributed by atoms with E-state index in [1.54, 1.807) is 6.20 Å². The zero-order valence-electron chi connectivity index (χ0n) is 8.57. The summed E-state index contributed by atoms with van der Waals surface area (Å²) in [6.07, 6.45) is 3.12. The molecular weight excluding hydrogens is 196 g/mol. The predicted octanol–water partition coefficient (Wildman–Crippen LogP) is 2.83. The normalized spacial score (nSPS) is 24.8. The van der Waals surface area contributed by atoms with Crippen molar-refractivity contribution < 1.29 is 0 Å². The molecular formula is C11H15ClN2. The molecule has 1 aromatic heterocycles. The summed E-state index contributed by atoms with van der Waals surface area (Å²) in [7, 11) is 2.11. The maximum absolute atomic E-state index is 5.83. The van der Waals surface area contributed by atoms with Crippen molar-refractivity contribution >= 4 is 17.3 Å². The maximum atomic E-state index is 5.83. The molecule has 2 atom stereocenters. The number of halogens is 1. The van der Waals surface area contributed by atoms with Crippen LogP contribution < -0.4 is 4.90 Å². The first-order valence-electron chi connectivity index (χ1n) is 4.99. The van der Waals surface area contributed by atoms with Crippen LogP contribution in [0.2, 0.25) is 5.15 Å². The zero-order chi connectivity index (χ0) is 10.1. The van der Waals surface area contributed by atoms with Crippen LogP contribution in [0.5, 0.6) is 0 Å². The molecule has 0 spiro atoms. The first kappa shape index (κ1) is 9.78. The van der Waals surface area contributed by atoms with E-state index < -0.39 is 0 Å². The van der Waals surface area contributed by atoms with Crippen LogP contribution in [-0.4, -0.2) is 18.6 Å². The van der Waals surface area contributed by atoms with Crippen LogP contribution >= 0.6 is 11.6 Å². The molecule has 2 nitrogen and oxygen atoms in total. The fraction of sp³-hybridized carbons (Fsp3) is 0.545. The quantitative estimate of drug-likeness (QED) is 0.714. The molecule has 0 aliphatic heterocycles. The largest absolute Gasteiger partial charge is 0.374 e. The van der Waals surface area contributed by atoms with E-state index in [-0.39, 0.29) is 0 Å². The van der Waals surface area contributed by atoms with Gasteiger partial charge < -0.3 is 4.90 Å². The van der Waals surface area contributed by atoms with E-state index in [1.807, 2.05) is 12.1 Å². The third-order valence-electron chi connectivity index (χ3n) is 2.94. The summed E-state index contributed by atoms with van der Waals surface area (Å²) in [4.78, 5) is 6.22. The van der Waals surface area contributed by atoms with Crippen molar-refractivity contribution in [3.63, 3.8) is 0 Å². The first-order valence-corrected chi connectivity index (χ1v) is 5.37.